The number of carbonyl (C=O) groups is 3. The molecule has 0 unspecified atom stereocenters. The van der Waals surface area contributed by atoms with Gasteiger partial charge in [0.2, 0.25) is 11.8 Å². The van der Waals surface area contributed by atoms with Crippen LogP contribution in [-0.2, 0) is 20.9 Å². The molecule has 7 nitrogen and oxygen atoms in total. The lowest BCUT2D eigenvalue weighted by Crippen LogP contribution is -2.28. The first-order chi connectivity index (χ1) is 14.9. The molecule has 0 aliphatic rings. The van der Waals surface area contributed by atoms with E-state index in [-0.39, 0.29) is 29.4 Å². The summed E-state index contributed by atoms with van der Waals surface area (Å²) in [6.45, 7) is 4.94. The Morgan fingerprint density at radius 3 is 2.39 bits per heavy atom. The van der Waals surface area contributed by atoms with Crippen molar-refractivity contribution in [3.8, 4) is 0 Å². The van der Waals surface area contributed by atoms with Crippen molar-refractivity contribution in [1.82, 2.24) is 10.6 Å². The molecule has 31 heavy (non-hydrogen) atoms. The van der Waals surface area contributed by atoms with Crippen LogP contribution in [-0.4, -0.2) is 43.7 Å². The fourth-order valence-electron chi connectivity index (χ4n) is 2.54. The van der Waals surface area contributed by atoms with Gasteiger partial charge in [0.05, 0.1) is 17.9 Å². The lowest BCUT2D eigenvalue weighted by atomic mass is 10.1. The molecule has 0 aromatic heterocycles. The quantitative estimate of drug-likeness (QED) is 0.366. The smallest absolute Gasteiger partial charge is 0.252 e. The van der Waals surface area contributed by atoms with Crippen molar-refractivity contribution >= 4 is 35.2 Å². The molecule has 0 aliphatic carbocycles. The van der Waals surface area contributed by atoms with Crippen LogP contribution < -0.4 is 16.0 Å². The van der Waals surface area contributed by atoms with Crippen molar-refractivity contribution in [2.75, 3.05) is 31.3 Å². The third-order valence-corrected chi connectivity index (χ3v) is 5.39. The topological polar surface area (TPSA) is 96.5 Å². The summed E-state index contributed by atoms with van der Waals surface area (Å²) in [7, 11) is 1.58. The van der Waals surface area contributed by atoms with Gasteiger partial charge >= 0.3 is 0 Å². The molecule has 2 rings (SSSR count). The molecule has 0 heterocycles. The number of methoxy groups -OCH3 is 1. The fourth-order valence-corrected chi connectivity index (χ4v) is 3.42. The molecule has 2 aromatic rings. The monoisotopic (exact) mass is 443 g/mol. The summed E-state index contributed by atoms with van der Waals surface area (Å²) in [6.07, 6.45) is 0. The van der Waals surface area contributed by atoms with Gasteiger partial charge in [-0.05, 0) is 29.8 Å². The lowest BCUT2D eigenvalue weighted by molar-refractivity contribution is -0.119. The molecule has 0 spiro atoms. The Morgan fingerprint density at radius 1 is 1.00 bits per heavy atom. The first-order valence-corrected chi connectivity index (χ1v) is 11.0. The van der Waals surface area contributed by atoms with E-state index in [4.69, 9.17) is 4.74 Å². The van der Waals surface area contributed by atoms with E-state index in [0.717, 1.165) is 16.1 Å². The van der Waals surface area contributed by atoms with Crippen molar-refractivity contribution in [1.29, 1.82) is 0 Å². The molecule has 0 saturated carbocycles. The van der Waals surface area contributed by atoms with Crippen LogP contribution in [0.25, 0.3) is 0 Å². The molecule has 0 radical (unpaired) electrons. The molecular formula is C23H29N3O4S. The van der Waals surface area contributed by atoms with E-state index < -0.39 is 0 Å². The summed E-state index contributed by atoms with van der Waals surface area (Å²) in [6, 6.07) is 14.6. The Balaban J connectivity index is 1.89. The van der Waals surface area contributed by atoms with E-state index in [1.165, 1.54) is 11.8 Å². The second-order valence-electron chi connectivity index (χ2n) is 7.15. The molecule has 3 N–H and O–H groups in total. The van der Waals surface area contributed by atoms with Gasteiger partial charge in [-0.1, -0.05) is 38.1 Å². The van der Waals surface area contributed by atoms with Gasteiger partial charge < -0.3 is 20.7 Å². The molecule has 0 bridgehead atoms. The van der Waals surface area contributed by atoms with Crippen molar-refractivity contribution < 1.29 is 19.1 Å². The second kappa shape index (κ2) is 12.8. The average molecular weight is 444 g/mol. The predicted molar refractivity (Wildman–Crippen MR) is 123 cm³/mol. The fraction of sp³-hybridized carbons (Fsp3) is 0.348. The first-order valence-electron chi connectivity index (χ1n) is 10.1. The largest absolute Gasteiger partial charge is 0.383 e. The summed E-state index contributed by atoms with van der Waals surface area (Å²) < 4.78 is 4.91. The summed E-state index contributed by atoms with van der Waals surface area (Å²) in [4.78, 5) is 37.1. The van der Waals surface area contributed by atoms with Crippen LogP contribution in [0, 0.1) is 5.92 Å². The van der Waals surface area contributed by atoms with Crippen molar-refractivity contribution in [3.05, 3.63) is 59.7 Å². The Hall–Kier alpha value is -2.84. The number of rotatable bonds is 11. The van der Waals surface area contributed by atoms with Crippen LogP contribution in [0.3, 0.4) is 0 Å². The molecule has 8 heteroatoms. The van der Waals surface area contributed by atoms with E-state index >= 15 is 0 Å². The third kappa shape index (κ3) is 8.43. The van der Waals surface area contributed by atoms with Crippen LogP contribution in [0.15, 0.2) is 53.4 Å². The van der Waals surface area contributed by atoms with E-state index in [1.807, 2.05) is 50.2 Å². The SMILES string of the molecule is COCCNC(=O)CSc1ccccc1C(=O)NCc1ccc(NC(=O)C(C)C)cc1. The standard InChI is InChI=1S/C23H29N3O4S/c1-16(2)22(28)26-18-10-8-17(9-11-18)14-25-23(29)19-6-4-5-7-20(19)31-15-21(27)24-12-13-30-3/h4-11,16H,12-15H2,1-3H3,(H,24,27)(H,25,29)(H,26,28). The molecular weight excluding hydrogens is 414 g/mol. The number of thioether (sulfide) groups is 1. The van der Waals surface area contributed by atoms with Gasteiger partial charge in [0, 0.05) is 36.7 Å². The first kappa shape index (κ1) is 24.4. The van der Waals surface area contributed by atoms with Gasteiger partial charge in [0.1, 0.15) is 0 Å². The summed E-state index contributed by atoms with van der Waals surface area (Å²) in [5.74, 6) is -0.227. The number of carbonyl (C=O) groups excluding carboxylic acids is 3. The Kier molecular flexibility index (Phi) is 10.1. The van der Waals surface area contributed by atoms with Gasteiger partial charge in [-0.3, -0.25) is 14.4 Å². The normalized spacial score (nSPS) is 10.6. The minimum absolute atomic E-state index is 0.0393. The van der Waals surface area contributed by atoms with Crippen LogP contribution in [0.1, 0.15) is 29.8 Å². The zero-order valence-electron chi connectivity index (χ0n) is 18.1. The van der Waals surface area contributed by atoms with E-state index in [0.29, 0.717) is 25.3 Å². The number of hydrogen-bond donors (Lipinski definition) is 3. The highest BCUT2D eigenvalue weighted by atomic mass is 32.2. The molecule has 0 atom stereocenters. The van der Waals surface area contributed by atoms with Gasteiger partial charge in [0.25, 0.3) is 5.91 Å². The second-order valence-corrected chi connectivity index (χ2v) is 8.17. The number of anilines is 1. The molecule has 0 saturated heterocycles. The molecule has 0 aliphatic heterocycles. The zero-order valence-corrected chi connectivity index (χ0v) is 18.9. The average Bonchev–Trinajstić information content (AvgIpc) is 2.77. The van der Waals surface area contributed by atoms with E-state index in [9.17, 15) is 14.4 Å². The van der Waals surface area contributed by atoms with Gasteiger partial charge in [-0.25, -0.2) is 0 Å². The molecule has 2 aromatic carbocycles. The van der Waals surface area contributed by atoms with E-state index in [2.05, 4.69) is 16.0 Å². The maximum atomic E-state index is 12.7. The van der Waals surface area contributed by atoms with Crippen LogP contribution in [0.2, 0.25) is 0 Å². The minimum atomic E-state index is -0.208. The predicted octanol–water partition coefficient (Wildman–Crippen LogP) is 3.07. The number of amides is 3. The summed E-state index contributed by atoms with van der Waals surface area (Å²) in [5, 5.41) is 8.50. The Bertz CT molecular complexity index is 885. The third-order valence-electron chi connectivity index (χ3n) is 4.32. The maximum Gasteiger partial charge on any atom is 0.252 e. The minimum Gasteiger partial charge on any atom is -0.383 e. The van der Waals surface area contributed by atoms with Gasteiger partial charge in [0.15, 0.2) is 0 Å². The van der Waals surface area contributed by atoms with Crippen molar-refractivity contribution in [3.63, 3.8) is 0 Å². The maximum absolute atomic E-state index is 12.7. The molecule has 0 fully saturated rings. The van der Waals surface area contributed by atoms with E-state index in [1.54, 1.807) is 19.2 Å². The van der Waals surface area contributed by atoms with Gasteiger partial charge in [-0.2, -0.15) is 0 Å². The molecule has 166 valence electrons. The number of ether oxygens (including phenoxy) is 1. The highest BCUT2D eigenvalue weighted by Crippen LogP contribution is 2.22. The van der Waals surface area contributed by atoms with Crippen LogP contribution >= 0.6 is 11.8 Å². The molecule has 3 amide bonds. The lowest BCUT2D eigenvalue weighted by Gasteiger charge is -2.11. The zero-order chi connectivity index (χ0) is 22.6. The summed E-state index contributed by atoms with van der Waals surface area (Å²) in [5.41, 5.74) is 2.16. The highest BCUT2D eigenvalue weighted by molar-refractivity contribution is 8.00. The van der Waals surface area contributed by atoms with Gasteiger partial charge in [-0.15, -0.1) is 11.8 Å². The number of benzene rings is 2. The van der Waals surface area contributed by atoms with Crippen molar-refractivity contribution in [2.24, 2.45) is 5.92 Å². The highest BCUT2D eigenvalue weighted by Gasteiger charge is 2.13. The Morgan fingerprint density at radius 2 is 1.71 bits per heavy atom. The van der Waals surface area contributed by atoms with Crippen LogP contribution in [0.4, 0.5) is 5.69 Å². The van der Waals surface area contributed by atoms with Crippen LogP contribution in [0.5, 0.6) is 0 Å². The Labute approximate surface area is 187 Å². The number of hydrogen-bond acceptors (Lipinski definition) is 5. The summed E-state index contributed by atoms with van der Waals surface area (Å²) >= 11 is 1.32. The number of nitrogens with one attached hydrogen (secondary N) is 3. The van der Waals surface area contributed by atoms with Crippen molar-refractivity contribution in [2.45, 2.75) is 25.3 Å².